The number of aryl methyl sites for hydroxylation is 1. The van der Waals surface area contributed by atoms with E-state index in [1.165, 1.54) is 17.7 Å². The molecule has 0 aliphatic carbocycles. The highest BCUT2D eigenvalue weighted by Gasteiger charge is 2.40. The molecule has 2 atom stereocenters. The second-order valence-electron chi connectivity index (χ2n) is 8.00. The zero-order valence-corrected chi connectivity index (χ0v) is 18.5. The van der Waals surface area contributed by atoms with Gasteiger partial charge in [-0.3, -0.25) is 4.79 Å². The van der Waals surface area contributed by atoms with Crippen molar-refractivity contribution < 1.29 is 28.2 Å². The number of carboxylic acid groups (broad SMARTS) is 1. The number of sulfonamides is 1. The van der Waals surface area contributed by atoms with Crippen LogP contribution < -0.4 is 4.74 Å². The molecule has 7 nitrogen and oxygen atoms in total. The molecule has 2 N–H and O–H groups in total. The normalized spacial score (nSPS) is 19.7. The van der Waals surface area contributed by atoms with Crippen LogP contribution in [0.25, 0.3) is 10.8 Å². The third-order valence-electron chi connectivity index (χ3n) is 5.87. The van der Waals surface area contributed by atoms with Gasteiger partial charge in [-0.05, 0) is 59.5 Å². The van der Waals surface area contributed by atoms with Gasteiger partial charge in [-0.25, -0.2) is 8.42 Å². The van der Waals surface area contributed by atoms with E-state index in [1.54, 1.807) is 12.1 Å². The van der Waals surface area contributed by atoms with E-state index in [2.05, 4.69) is 13.0 Å². The number of aliphatic hydroxyl groups is 1. The summed E-state index contributed by atoms with van der Waals surface area (Å²) in [6.45, 7) is 2.35. The molecule has 1 aliphatic rings. The molecular weight excluding hydrogens is 430 g/mol. The van der Waals surface area contributed by atoms with Gasteiger partial charge < -0.3 is 14.9 Å². The zero-order valence-electron chi connectivity index (χ0n) is 17.6. The van der Waals surface area contributed by atoms with Crippen LogP contribution in [0.3, 0.4) is 0 Å². The van der Waals surface area contributed by atoms with Crippen molar-refractivity contribution in [2.75, 3.05) is 6.54 Å². The van der Waals surface area contributed by atoms with Crippen LogP contribution in [0.2, 0.25) is 0 Å². The molecule has 2 unspecified atom stereocenters. The summed E-state index contributed by atoms with van der Waals surface area (Å²) in [5.41, 5.74) is 2.21. The first-order valence-corrected chi connectivity index (χ1v) is 11.8. The molecule has 0 saturated carbocycles. The third kappa shape index (κ3) is 4.34. The standard InChI is InChI=1S/C24H25NO6S/c1-16-6-7-17(22-5-3-2-4-21(16)22)15-31-19-8-10-20(11-9-19)32(29,30)25-13-12-18(26)14-23(25)24(27)28/h2-11,18,23,26H,12-15H2,1H3,(H,27,28). The number of hydrogen-bond acceptors (Lipinski definition) is 5. The summed E-state index contributed by atoms with van der Waals surface area (Å²) in [4.78, 5) is 11.5. The summed E-state index contributed by atoms with van der Waals surface area (Å²) in [7, 11) is -4.01. The Hall–Kier alpha value is -2.94. The Balaban J connectivity index is 1.51. The summed E-state index contributed by atoms with van der Waals surface area (Å²) in [5, 5.41) is 21.4. The predicted molar refractivity (Wildman–Crippen MR) is 120 cm³/mol. The Labute approximate surface area is 186 Å². The Morgan fingerprint density at radius 2 is 1.75 bits per heavy atom. The van der Waals surface area contributed by atoms with Gasteiger partial charge in [0.1, 0.15) is 18.4 Å². The number of hydrogen-bond donors (Lipinski definition) is 2. The van der Waals surface area contributed by atoms with E-state index in [-0.39, 0.29) is 24.3 Å². The number of carboxylic acids is 1. The maximum atomic E-state index is 13.0. The average Bonchev–Trinajstić information content (AvgIpc) is 2.79. The quantitative estimate of drug-likeness (QED) is 0.591. The largest absolute Gasteiger partial charge is 0.489 e. The lowest BCUT2D eigenvalue weighted by atomic mass is 10.0. The molecule has 0 bridgehead atoms. The average molecular weight is 456 g/mol. The van der Waals surface area contributed by atoms with Gasteiger partial charge in [0.25, 0.3) is 0 Å². The van der Waals surface area contributed by atoms with Gasteiger partial charge in [0.2, 0.25) is 10.0 Å². The van der Waals surface area contributed by atoms with E-state index in [4.69, 9.17) is 4.74 Å². The van der Waals surface area contributed by atoms with Crippen LogP contribution in [0.5, 0.6) is 5.75 Å². The number of aliphatic carboxylic acids is 1. The van der Waals surface area contributed by atoms with Gasteiger partial charge in [0.05, 0.1) is 11.0 Å². The van der Waals surface area contributed by atoms with Crippen molar-refractivity contribution in [2.24, 2.45) is 0 Å². The van der Waals surface area contributed by atoms with Crippen molar-refractivity contribution in [3.8, 4) is 5.75 Å². The Morgan fingerprint density at radius 1 is 1.06 bits per heavy atom. The molecule has 8 heteroatoms. The molecule has 1 aliphatic heterocycles. The van der Waals surface area contributed by atoms with Crippen LogP contribution >= 0.6 is 0 Å². The SMILES string of the molecule is Cc1ccc(COc2ccc(S(=O)(=O)N3CCC(O)CC3C(=O)O)cc2)c2ccccc12. The smallest absolute Gasteiger partial charge is 0.322 e. The van der Waals surface area contributed by atoms with Crippen LogP contribution in [0.4, 0.5) is 0 Å². The van der Waals surface area contributed by atoms with E-state index >= 15 is 0 Å². The fourth-order valence-electron chi connectivity index (χ4n) is 4.08. The maximum absolute atomic E-state index is 13.0. The van der Waals surface area contributed by atoms with Crippen LogP contribution in [0.1, 0.15) is 24.0 Å². The number of fused-ring (bicyclic) bond motifs is 1. The van der Waals surface area contributed by atoms with Crippen LogP contribution in [0.15, 0.2) is 65.6 Å². The van der Waals surface area contributed by atoms with E-state index in [0.717, 1.165) is 20.6 Å². The molecule has 1 heterocycles. The second kappa shape index (κ2) is 8.90. The molecule has 0 radical (unpaired) electrons. The number of ether oxygens (including phenoxy) is 1. The fraction of sp³-hybridized carbons (Fsp3) is 0.292. The summed E-state index contributed by atoms with van der Waals surface area (Å²) < 4.78 is 32.9. The van der Waals surface area contributed by atoms with Gasteiger partial charge in [-0.15, -0.1) is 0 Å². The maximum Gasteiger partial charge on any atom is 0.322 e. The highest BCUT2D eigenvalue weighted by atomic mass is 32.2. The van der Waals surface area contributed by atoms with Gasteiger partial charge >= 0.3 is 5.97 Å². The lowest BCUT2D eigenvalue weighted by Gasteiger charge is -2.34. The van der Waals surface area contributed by atoms with Gasteiger partial charge in [0.15, 0.2) is 0 Å². The van der Waals surface area contributed by atoms with E-state index in [9.17, 15) is 23.4 Å². The molecule has 0 aromatic heterocycles. The first kappa shape index (κ1) is 22.3. The molecule has 0 amide bonds. The van der Waals surface area contributed by atoms with E-state index < -0.39 is 28.1 Å². The van der Waals surface area contributed by atoms with Gasteiger partial charge in [-0.1, -0.05) is 36.4 Å². The second-order valence-corrected chi connectivity index (χ2v) is 9.89. The summed E-state index contributed by atoms with van der Waals surface area (Å²) in [6, 6.07) is 16.8. The molecule has 1 saturated heterocycles. The molecule has 168 valence electrons. The monoisotopic (exact) mass is 455 g/mol. The molecule has 1 fully saturated rings. The summed E-state index contributed by atoms with van der Waals surface area (Å²) in [6.07, 6.45) is -0.745. The lowest BCUT2D eigenvalue weighted by molar-refractivity contribution is -0.143. The lowest BCUT2D eigenvalue weighted by Crippen LogP contribution is -2.51. The van der Waals surface area contributed by atoms with Crippen LogP contribution in [0, 0.1) is 6.92 Å². The van der Waals surface area contributed by atoms with Crippen molar-refractivity contribution in [1.29, 1.82) is 0 Å². The number of aliphatic hydroxyl groups excluding tert-OH is 1. The Kier molecular flexibility index (Phi) is 6.19. The first-order valence-electron chi connectivity index (χ1n) is 10.4. The minimum absolute atomic E-state index is 0.00623. The van der Waals surface area contributed by atoms with Crippen LogP contribution in [-0.4, -0.2) is 47.6 Å². The summed E-state index contributed by atoms with van der Waals surface area (Å²) in [5.74, 6) is -0.755. The Bertz CT molecular complexity index is 1240. The topological polar surface area (TPSA) is 104 Å². The molecule has 3 aromatic rings. The first-order chi connectivity index (χ1) is 15.3. The number of benzene rings is 3. The number of nitrogens with zero attached hydrogens (tertiary/aromatic N) is 1. The molecule has 0 spiro atoms. The zero-order chi connectivity index (χ0) is 22.9. The molecule has 32 heavy (non-hydrogen) atoms. The Morgan fingerprint density at radius 3 is 2.44 bits per heavy atom. The minimum atomic E-state index is -4.01. The fourth-order valence-corrected chi connectivity index (χ4v) is 5.69. The van der Waals surface area contributed by atoms with Crippen molar-refractivity contribution in [3.63, 3.8) is 0 Å². The highest BCUT2D eigenvalue weighted by Crippen LogP contribution is 2.28. The predicted octanol–water partition coefficient (Wildman–Crippen LogP) is 3.33. The van der Waals surface area contributed by atoms with Crippen molar-refractivity contribution in [2.45, 2.75) is 43.4 Å². The van der Waals surface area contributed by atoms with E-state index in [1.807, 2.05) is 30.3 Å². The van der Waals surface area contributed by atoms with Crippen molar-refractivity contribution in [3.05, 3.63) is 71.8 Å². The number of rotatable bonds is 6. The highest BCUT2D eigenvalue weighted by molar-refractivity contribution is 7.89. The summed E-state index contributed by atoms with van der Waals surface area (Å²) >= 11 is 0. The van der Waals surface area contributed by atoms with Crippen LogP contribution in [-0.2, 0) is 21.4 Å². The number of piperidine rings is 1. The van der Waals surface area contributed by atoms with Crippen molar-refractivity contribution in [1.82, 2.24) is 4.31 Å². The van der Waals surface area contributed by atoms with E-state index in [0.29, 0.717) is 12.4 Å². The molecular formula is C24H25NO6S. The third-order valence-corrected chi connectivity index (χ3v) is 7.79. The van der Waals surface area contributed by atoms with Gasteiger partial charge in [0, 0.05) is 13.0 Å². The molecule has 3 aromatic carbocycles. The minimum Gasteiger partial charge on any atom is -0.489 e. The van der Waals surface area contributed by atoms with Gasteiger partial charge in [-0.2, -0.15) is 4.31 Å². The molecule has 4 rings (SSSR count). The number of carbonyl (C=O) groups is 1. The van der Waals surface area contributed by atoms with Crippen molar-refractivity contribution >= 4 is 26.8 Å².